The van der Waals surface area contributed by atoms with E-state index in [9.17, 15) is 14.4 Å². The van der Waals surface area contributed by atoms with E-state index in [1.54, 1.807) is 36.4 Å². The smallest absolute Gasteiger partial charge is 0.268 e. The molecule has 0 atom stereocenters. The van der Waals surface area contributed by atoms with Gasteiger partial charge in [0.05, 0.1) is 17.3 Å². The molecule has 1 amide bonds. The molecule has 1 heterocycles. The van der Waals surface area contributed by atoms with Crippen molar-refractivity contribution in [2.45, 2.75) is 6.61 Å². The summed E-state index contributed by atoms with van der Waals surface area (Å²) in [6.45, 7) is 0.0340. The molecule has 1 N–H and O–H groups in total. The maximum absolute atomic E-state index is 13.8. The van der Waals surface area contributed by atoms with Crippen molar-refractivity contribution >= 4 is 38.7 Å². The van der Waals surface area contributed by atoms with Gasteiger partial charge in [-0.3, -0.25) is 10.1 Å². The Morgan fingerprint density at radius 1 is 1.15 bits per heavy atom. The summed E-state index contributed by atoms with van der Waals surface area (Å²) in [5.41, 5.74) is 1.68. The number of carbonyl (C=O) groups is 1. The van der Waals surface area contributed by atoms with Crippen LogP contribution in [0.4, 0.5) is 9.52 Å². The highest BCUT2D eigenvalue weighted by molar-refractivity contribution is 7.22. The second-order valence-corrected chi connectivity index (χ2v) is 7.93. The van der Waals surface area contributed by atoms with Gasteiger partial charge < -0.3 is 9.47 Å². The van der Waals surface area contributed by atoms with Gasteiger partial charge in [-0.1, -0.05) is 47.7 Å². The summed E-state index contributed by atoms with van der Waals surface area (Å²) < 4.78 is 25.8. The number of amides is 1. The van der Waals surface area contributed by atoms with E-state index in [2.05, 4.69) is 10.3 Å². The lowest BCUT2D eigenvalue weighted by Gasteiger charge is -2.12. The van der Waals surface area contributed by atoms with Gasteiger partial charge in [0.2, 0.25) is 0 Å². The number of rotatable bonds is 7. The maximum Gasteiger partial charge on any atom is 0.268 e. The van der Waals surface area contributed by atoms with Crippen molar-refractivity contribution in [1.29, 1.82) is 5.26 Å². The van der Waals surface area contributed by atoms with E-state index in [4.69, 9.17) is 9.47 Å². The molecule has 0 aliphatic heterocycles. The summed E-state index contributed by atoms with van der Waals surface area (Å²) in [7, 11) is 1.48. The summed E-state index contributed by atoms with van der Waals surface area (Å²) in [6.07, 6.45) is 1.45. The number of halogens is 1. The number of ether oxygens (including phenoxy) is 2. The summed E-state index contributed by atoms with van der Waals surface area (Å²) >= 11 is 1.33. The predicted octanol–water partition coefficient (Wildman–Crippen LogP) is 5.57. The number of hydrogen-bond acceptors (Lipinski definition) is 6. The van der Waals surface area contributed by atoms with Crippen molar-refractivity contribution in [2.75, 3.05) is 12.4 Å². The molecule has 4 aromatic rings. The monoisotopic (exact) mass is 459 g/mol. The van der Waals surface area contributed by atoms with Crippen molar-refractivity contribution in [3.8, 4) is 17.6 Å². The Morgan fingerprint density at radius 2 is 1.94 bits per heavy atom. The Bertz CT molecular complexity index is 1360. The normalized spacial score (nSPS) is 11.1. The first kappa shape index (κ1) is 22.0. The first-order valence-corrected chi connectivity index (χ1v) is 10.7. The van der Waals surface area contributed by atoms with Crippen molar-refractivity contribution in [1.82, 2.24) is 4.98 Å². The van der Waals surface area contributed by atoms with Crippen LogP contribution in [-0.2, 0) is 11.4 Å². The maximum atomic E-state index is 13.8. The summed E-state index contributed by atoms with van der Waals surface area (Å²) in [5.74, 6) is -0.108. The Kier molecular flexibility index (Phi) is 6.62. The van der Waals surface area contributed by atoms with Crippen LogP contribution in [0.5, 0.6) is 11.5 Å². The molecule has 6 nitrogen and oxygen atoms in total. The average molecular weight is 460 g/mol. The lowest BCUT2D eigenvalue weighted by Crippen LogP contribution is -2.13. The molecular weight excluding hydrogens is 441 g/mol. The molecule has 0 radical (unpaired) electrons. The molecule has 0 saturated carbocycles. The number of thiazole rings is 1. The third-order valence-corrected chi connectivity index (χ3v) is 5.67. The van der Waals surface area contributed by atoms with Crippen LogP contribution in [0.25, 0.3) is 16.3 Å². The Hall–Kier alpha value is -4.22. The highest BCUT2D eigenvalue weighted by Gasteiger charge is 2.14. The van der Waals surface area contributed by atoms with Crippen molar-refractivity contribution in [3.63, 3.8) is 0 Å². The van der Waals surface area contributed by atoms with E-state index in [-0.39, 0.29) is 18.0 Å². The average Bonchev–Trinajstić information content (AvgIpc) is 3.24. The molecule has 0 aliphatic carbocycles. The summed E-state index contributed by atoms with van der Waals surface area (Å²) in [5, 5.41) is 12.6. The Labute approximate surface area is 193 Å². The molecule has 0 unspecified atom stereocenters. The molecule has 8 heteroatoms. The largest absolute Gasteiger partial charge is 0.493 e. The molecule has 1 aromatic heterocycles. The molecule has 0 bridgehead atoms. The zero-order valence-corrected chi connectivity index (χ0v) is 18.4. The minimum absolute atomic E-state index is 0.0340. The third kappa shape index (κ3) is 5.17. The molecule has 164 valence electrons. The van der Waals surface area contributed by atoms with E-state index >= 15 is 0 Å². The number of hydrogen-bond donors (Lipinski definition) is 1. The van der Waals surface area contributed by atoms with Crippen LogP contribution in [0.15, 0.2) is 72.3 Å². The summed E-state index contributed by atoms with van der Waals surface area (Å²) in [6, 6.07) is 20.8. The number of benzene rings is 3. The molecule has 4 rings (SSSR count). The highest BCUT2D eigenvalue weighted by atomic mass is 32.1. The van der Waals surface area contributed by atoms with Gasteiger partial charge in [-0.2, -0.15) is 5.26 Å². The minimum atomic E-state index is -0.560. The number of anilines is 1. The Morgan fingerprint density at radius 3 is 2.70 bits per heavy atom. The highest BCUT2D eigenvalue weighted by Crippen LogP contribution is 2.30. The van der Waals surface area contributed by atoms with E-state index in [1.165, 1.54) is 30.6 Å². The van der Waals surface area contributed by atoms with Crippen LogP contribution in [0, 0.1) is 17.1 Å². The van der Waals surface area contributed by atoms with Gasteiger partial charge in [-0.25, -0.2) is 9.37 Å². The zero-order chi connectivity index (χ0) is 23.2. The second-order valence-electron chi connectivity index (χ2n) is 6.90. The number of carbonyl (C=O) groups excluding carboxylic acids is 1. The lowest BCUT2D eigenvalue weighted by molar-refractivity contribution is -0.112. The minimum Gasteiger partial charge on any atom is -0.493 e. The van der Waals surface area contributed by atoms with Crippen LogP contribution < -0.4 is 14.8 Å². The van der Waals surface area contributed by atoms with Gasteiger partial charge in [0, 0.05) is 5.56 Å². The SMILES string of the molecule is COc1cc(/C=C(\C#N)C(=O)Nc2nc3ccccc3s2)ccc1OCc1ccccc1F. The van der Waals surface area contributed by atoms with E-state index < -0.39 is 5.91 Å². The van der Waals surface area contributed by atoms with Gasteiger partial charge in [-0.05, 0) is 42.0 Å². The Balaban J connectivity index is 1.50. The van der Waals surface area contributed by atoms with Crippen LogP contribution in [0.3, 0.4) is 0 Å². The first-order valence-electron chi connectivity index (χ1n) is 9.90. The molecule has 0 aliphatic rings. The van der Waals surface area contributed by atoms with Crippen molar-refractivity contribution in [2.24, 2.45) is 0 Å². The van der Waals surface area contributed by atoms with Crippen LogP contribution in [0.1, 0.15) is 11.1 Å². The molecule has 0 fully saturated rings. The standard InChI is InChI=1S/C25H18FN3O3S/c1-31-22-13-16(10-11-21(22)32-15-17-6-2-3-7-19(17)26)12-18(14-27)24(30)29-25-28-20-8-4-5-9-23(20)33-25/h2-13H,15H2,1H3,(H,28,29,30)/b18-12+. The van der Waals surface area contributed by atoms with Crippen LogP contribution in [-0.4, -0.2) is 18.0 Å². The molecule has 0 spiro atoms. The zero-order valence-electron chi connectivity index (χ0n) is 17.5. The van der Waals surface area contributed by atoms with Crippen molar-refractivity contribution < 1.29 is 18.7 Å². The van der Waals surface area contributed by atoms with Gasteiger partial charge >= 0.3 is 0 Å². The molecule has 3 aromatic carbocycles. The van der Waals surface area contributed by atoms with E-state index in [0.29, 0.717) is 27.8 Å². The van der Waals surface area contributed by atoms with E-state index in [1.807, 2.05) is 30.3 Å². The fourth-order valence-corrected chi connectivity index (χ4v) is 3.93. The van der Waals surface area contributed by atoms with Gasteiger partial charge in [0.25, 0.3) is 5.91 Å². The predicted molar refractivity (Wildman–Crippen MR) is 126 cm³/mol. The van der Waals surface area contributed by atoms with Crippen molar-refractivity contribution in [3.05, 3.63) is 89.2 Å². The summed E-state index contributed by atoms with van der Waals surface area (Å²) in [4.78, 5) is 17.0. The number of nitriles is 1. The van der Waals surface area contributed by atoms with Crippen LogP contribution in [0.2, 0.25) is 0 Å². The van der Waals surface area contributed by atoms with E-state index in [0.717, 1.165) is 10.2 Å². The number of aromatic nitrogens is 1. The number of nitrogens with zero attached hydrogens (tertiary/aromatic N) is 2. The number of nitrogens with one attached hydrogen (secondary N) is 1. The molecular formula is C25H18FN3O3S. The van der Waals surface area contributed by atoms with Gasteiger partial charge in [0.1, 0.15) is 24.1 Å². The molecule has 33 heavy (non-hydrogen) atoms. The third-order valence-electron chi connectivity index (χ3n) is 4.72. The topological polar surface area (TPSA) is 84.2 Å². The van der Waals surface area contributed by atoms with Crippen LogP contribution >= 0.6 is 11.3 Å². The fourth-order valence-electron chi connectivity index (χ4n) is 3.07. The fraction of sp³-hybridized carbons (Fsp3) is 0.0800. The quantitative estimate of drug-likeness (QED) is 0.289. The number of fused-ring (bicyclic) bond motifs is 1. The number of methoxy groups -OCH3 is 1. The molecule has 0 saturated heterocycles. The number of para-hydroxylation sites is 1. The van der Waals surface area contributed by atoms with Gasteiger partial charge in [-0.15, -0.1) is 0 Å². The first-order chi connectivity index (χ1) is 16.1. The van der Waals surface area contributed by atoms with Gasteiger partial charge in [0.15, 0.2) is 16.6 Å². The lowest BCUT2D eigenvalue weighted by atomic mass is 10.1. The second kappa shape index (κ2) is 9.94.